The van der Waals surface area contributed by atoms with Gasteiger partial charge in [0.05, 0.1) is 30.7 Å². The van der Waals surface area contributed by atoms with Crippen LogP contribution in [-0.4, -0.2) is 78.5 Å². The standard InChI is InChI=1S/C55H63N5O8/c1-8-35(2)49(59-53(66)67-34-45-43-30-20-18-28-41(43)42-29-19-21-31-44(42)45)52(65)58-50(37(4)68-54(5,6)7)51(64)56-33-48(63)57-46(36(3)61)32-47(62)60-55(38-22-12-9-13-23-38,39-24-14-10-15-25-39)40-26-16-11-17-27-40/h9-31,35,37,45-46,49-50H,8,32-34H2,1-7H3,(H,56,64)(H,57,63)(H,58,65)(H,59,66)(H,60,62)/t35-,37-,46-,49-,50-/m0/s1. The summed E-state index contributed by atoms with van der Waals surface area (Å²) < 4.78 is 11.9. The average Bonchev–Trinajstić information content (AvgIpc) is 3.65. The molecule has 5 atom stereocenters. The molecule has 1 aliphatic carbocycles. The van der Waals surface area contributed by atoms with Crippen LogP contribution in [0.3, 0.4) is 0 Å². The zero-order valence-corrected chi connectivity index (χ0v) is 39.8. The van der Waals surface area contributed by atoms with Crippen molar-refractivity contribution in [2.45, 2.75) is 103 Å². The maximum Gasteiger partial charge on any atom is 0.407 e. The van der Waals surface area contributed by atoms with Crippen LogP contribution in [0.5, 0.6) is 0 Å². The lowest BCUT2D eigenvalue weighted by Gasteiger charge is -2.37. The lowest BCUT2D eigenvalue weighted by atomic mass is 9.77. The monoisotopic (exact) mass is 921 g/mol. The van der Waals surface area contributed by atoms with E-state index >= 15 is 0 Å². The molecule has 356 valence electrons. The van der Waals surface area contributed by atoms with E-state index in [4.69, 9.17) is 9.47 Å². The molecule has 5 amide bonds. The van der Waals surface area contributed by atoms with Gasteiger partial charge >= 0.3 is 6.09 Å². The Balaban J connectivity index is 1.12. The van der Waals surface area contributed by atoms with Gasteiger partial charge in [-0.05, 0) is 79.5 Å². The number of carbonyl (C=O) groups is 6. The van der Waals surface area contributed by atoms with Crippen LogP contribution in [-0.2, 0) is 39.0 Å². The maximum absolute atomic E-state index is 14.1. The van der Waals surface area contributed by atoms with Crippen LogP contribution in [0, 0.1) is 5.92 Å². The van der Waals surface area contributed by atoms with Crippen molar-refractivity contribution in [3.8, 4) is 11.1 Å². The summed E-state index contributed by atoms with van der Waals surface area (Å²) in [4.78, 5) is 82.2. The molecule has 5 aromatic carbocycles. The smallest absolute Gasteiger partial charge is 0.407 e. The number of alkyl carbamates (subject to hydrolysis) is 1. The summed E-state index contributed by atoms with van der Waals surface area (Å²) >= 11 is 0. The zero-order valence-electron chi connectivity index (χ0n) is 39.8. The minimum absolute atomic E-state index is 0.0449. The average molecular weight is 922 g/mol. The molecule has 0 saturated carbocycles. The zero-order chi connectivity index (χ0) is 49.0. The normalized spacial score (nSPS) is 14.4. The molecule has 6 rings (SSSR count). The third-order valence-corrected chi connectivity index (χ3v) is 12.3. The predicted molar refractivity (Wildman–Crippen MR) is 261 cm³/mol. The molecule has 0 fully saturated rings. The number of hydrogen-bond acceptors (Lipinski definition) is 8. The minimum Gasteiger partial charge on any atom is -0.449 e. The Morgan fingerprint density at radius 1 is 0.603 bits per heavy atom. The van der Waals surface area contributed by atoms with Crippen LogP contribution in [0.15, 0.2) is 140 Å². The first-order valence-corrected chi connectivity index (χ1v) is 23.2. The molecule has 0 heterocycles. The van der Waals surface area contributed by atoms with E-state index in [1.807, 2.05) is 146 Å². The number of nitrogens with one attached hydrogen (secondary N) is 5. The molecule has 0 aromatic heterocycles. The van der Waals surface area contributed by atoms with Crippen molar-refractivity contribution in [1.29, 1.82) is 0 Å². The van der Waals surface area contributed by atoms with Crippen LogP contribution in [0.4, 0.5) is 4.79 Å². The number of rotatable bonds is 20. The second-order valence-electron chi connectivity index (χ2n) is 18.3. The van der Waals surface area contributed by atoms with E-state index in [-0.39, 0.29) is 18.4 Å². The van der Waals surface area contributed by atoms with E-state index in [1.54, 1.807) is 34.6 Å². The van der Waals surface area contributed by atoms with Gasteiger partial charge in [-0.1, -0.05) is 160 Å². The lowest BCUT2D eigenvalue weighted by Crippen LogP contribution is -2.60. The lowest BCUT2D eigenvalue weighted by molar-refractivity contribution is -0.139. The summed E-state index contributed by atoms with van der Waals surface area (Å²) in [6, 6.07) is 40.8. The highest BCUT2D eigenvalue weighted by molar-refractivity contribution is 5.96. The van der Waals surface area contributed by atoms with Crippen LogP contribution in [0.25, 0.3) is 11.1 Å². The van der Waals surface area contributed by atoms with Gasteiger partial charge in [-0.2, -0.15) is 0 Å². The molecule has 13 heteroatoms. The SMILES string of the molecule is CC[C@H](C)[C@H](NC(=O)OCC1c2ccccc2-c2ccccc21)C(=O)N[C@H](C(=O)NCC(=O)N[C@@H](CC(=O)NC(c1ccccc1)(c1ccccc1)c1ccccc1)C(C)=O)[C@H](C)OC(C)(C)C. The van der Waals surface area contributed by atoms with E-state index in [0.29, 0.717) is 6.42 Å². The highest BCUT2D eigenvalue weighted by Crippen LogP contribution is 2.44. The Bertz CT molecular complexity index is 2400. The highest BCUT2D eigenvalue weighted by atomic mass is 16.5. The van der Waals surface area contributed by atoms with Crippen LogP contribution in [0.1, 0.15) is 95.0 Å². The molecule has 0 aliphatic heterocycles. The van der Waals surface area contributed by atoms with Crippen molar-refractivity contribution in [2.75, 3.05) is 13.2 Å². The van der Waals surface area contributed by atoms with Gasteiger partial charge in [0.1, 0.15) is 24.2 Å². The predicted octanol–water partition coefficient (Wildman–Crippen LogP) is 7.32. The minimum atomic E-state index is -1.32. The van der Waals surface area contributed by atoms with Gasteiger partial charge in [0.25, 0.3) is 0 Å². The van der Waals surface area contributed by atoms with Crippen molar-refractivity contribution in [3.63, 3.8) is 0 Å². The second kappa shape index (κ2) is 22.6. The van der Waals surface area contributed by atoms with Gasteiger partial charge in [-0.3, -0.25) is 24.0 Å². The summed E-state index contributed by atoms with van der Waals surface area (Å²) in [6.45, 7) is 11.4. The third kappa shape index (κ3) is 12.3. The molecule has 68 heavy (non-hydrogen) atoms. The molecule has 5 N–H and O–H groups in total. The summed E-state index contributed by atoms with van der Waals surface area (Å²) in [5.41, 5.74) is 4.72. The molecule has 0 radical (unpaired) electrons. The number of ether oxygens (including phenoxy) is 2. The highest BCUT2D eigenvalue weighted by Gasteiger charge is 2.39. The molecular formula is C55H63N5O8. The number of amides is 5. The summed E-state index contributed by atoms with van der Waals surface area (Å²) in [6.07, 6.45) is -1.58. The van der Waals surface area contributed by atoms with Gasteiger partial charge in [-0.15, -0.1) is 0 Å². The number of Topliss-reactive ketones (excluding diaryl/α,β-unsaturated/α-hetero) is 1. The number of benzene rings is 5. The summed E-state index contributed by atoms with van der Waals surface area (Å²) in [5.74, 6) is -3.68. The third-order valence-electron chi connectivity index (χ3n) is 12.3. The van der Waals surface area contributed by atoms with Crippen LogP contribution >= 0.6 is 0 Å². The fourth-order valence-corrected chi connectivity index (χ4v) is 8.78. The summed E-state index contributed by atoms with van der Waals surface area (Å²) in [5, 5.41) is 13.9. The molecule has 0 spiro atoms. The molecule has 5 aromatic rings. The fraction of sp³-hybridized carbons (Fsp3) is 0.345. The fourth-order valence-electron chi connectivity index (χ4n) is 8.78. The Morgan fingerprint density at radius 2 is 1.09 bits per heavy atom. The molecule has 0 saturated heterocycles. The molecule has 0 bridgehead atoms. The van der Waals surface area contributed by atoms with Crippen molar-refractivity contribution >= 4 is 35.5 Å². The molecule has 1 aliphatic rings. The van der Waals surface area contributed by atoms with Crippen LogP contribution in [0.2, 0.25) is 0 Å². The largest absolute Gasteiger partial charge is 0.449 e. The second-order valence-corrected chi connectivity index (χ2v) is 18.3. The number of fused-ring (bicyclic) bond motifs is 3. The Morgan fingerprint density at radius 3 is 1.56 bits per heavy atom. The van der Waals surface area contributed by atoms with Crippen molar-refractivity contribution in [3.05, 3.63) is 167 Å². The van der Waals surface area contributed by atoms with Gasteiger partial charge in [-0.25, -0.2) is 4.79 Å². The first kappa shape index (κ1) is 50.3. The van der Waals surface area contributed by atoms with Gasteiger partial charge in [0.15, 0.2) is 5.78 Å². The Hall–Kier alpha value is -7.12. The molecule has 13 nitrogen and oxygen atoms in total. The first-order chi connectivity index (χ1) is 32.5. The van der Waals surface area contributed by atoms with E-state index in [1.165, 1.54) is 6.92 Å². The molecular weight excluding hydrogens is 859 g/mol. The van der Waals surface area contributed by atoms with Crippen molar-refractivity contribution in [1.82, 2.24) is 26.6 Å². The first-order valence-electron chi connectivity index (χ1n) is 23.2. The van der Waals surface area contributed by atoms with E-state index < -0.39 is 83.8 Å². The summed E-state index contributed by atoms with van der Waals surface area (Å²) in [7, 11) is 0. The van der Waals surface area contributed by atoms with E-state index in [9.17, 15) is 28.8 Å². The number of hydrogen-bond donors (Lipinski definition) is 5. The van der Waals surface area contributed by atoms with Crippen LogP contribution < -0.4 is 26.6 Å². The number of carbonyl (C=O) groups excluding carboxylic acids is 6. The van der Waals surface area contributed by atoms with Gasteiger partial charge in [0.2, 0.25) is 23.6 Å². The van der Waals surface area contributed by atoms with E-state index in [2.05, 4.69) is 26.6 Å². The quantitative estimate of drug-likeness (QED) is 0.0504. The molecule has 0 unspecified atom stereocenters. The van der Waals surface area contributed by atoms with Crippen molar-refractivity contribution < 1.29 is 38.2 Å². The van der Waals surface area contributed by atoms with Gasteiger partial charge in [0, 0.05) is 5.92 Å². The Labute approximate surface area is 399 Å². The number of ketones is 1. The van der Waals surface area contributed by atoms with Gasteiger partial charge < -0.3 is 36.1 Å². The van der Waals surface area contributed by atoms with Crippen molar-refractivity contribution in [2.24, 2.45) is 5.92 Å². The topological polar surface area (TPSA) is 181 Å². The van der Waals surface area contributed by atoms with E-state index in [0.717, 1.165) is 38.9 Å². The maximum atomic E-state index is 14.1. The Kier molecular flexibility index (Phi) is 16.7.